The Morgan fingerprint density at radius 3 is 1.58 bits per heavy atom. The van der Waals surface area contributed by atoms with Crippen molar-refractivity contribution in [2.24, 2.45) is 0 Å². The van der Waals surface area contributed by atoms with Crippen molar-refractivity contribution in [3.05, 3.63) is 109 Å². The maximum Gasteiger partial charge on any atom is 0.212 e. The van der Waals surface area contributed by atoms with E-state index in [0.717, 1.165) is 17.3 Å². The van der Waals surface area contributed by atoms with E-state index in [1.807, 2.05) is 103 Å². The van der Waals surface area contributed by atoms with Crippen LogP contribution in [0.2, 0.25) is 0 Å². The van der Waals surface area contributed by atoms with Gasteiger partial charge in [-0.25, -0.2) is 0 Å². The third-order valence-electron chi connectivity index (χ3n) is 4.35. The predicted octanol–water partition coefficient (Wildman–Crippen LogP) is 7.78. The molecule has 0 saturated heterocycles. The lowest BCUT2D eigenvalue weighted by atomic mass is 10.2. The summed E-state index contributed by atoms with van der Waals surface area (Å²) in [6.07, 6.45) is 0. The van der Waals surface area contributed by atoms with Gasteiger partial charge in [0, 0.05) is 11.3 Å². The third kappa shape index (κ3) is 5.39. The summed E-state index contributed by atoms with van der Waals surface area (Å²) in [4.78, 5) is 0. The first-order valence-electron chi connectivity index (χ1n) is 9.69. The van der Waals surface area contributed by atoms with Crippen LogP contribution in [0.15, 0.2) is 103 Å². The highest BCUT2D eigenvalue weighted by Crippen LogP contribution is 2.47. The summed E-state index contributed by atoms with van der Waals surface area (Å²) in [7, 11) is 0. The molecule has 0 amide bonds. The molecule has 0 aliphatic rings. The zero-order valence-corrected chi connectivity index (χ0v) is 17.4. The molecule has 4 rings (SSSR count). The molecule has 0 aliphatic heterocycles. The van der Waals surface area contributed by atoms with Gasteiger partial charge in [-0.2, -0.15) is 5.26 Å². The van der Waals surface area contributed by atoms with Crippen LogP contribution in [0.4, 0.5) is 0 Å². The fraction of sp³-hybridized carbons (Fsp3) is 0.0385. The minimum absolute atomic E-state index is 0.454. The molecule has 4 nitrogen and oxygen atoms in total. The summed E-state index contributed by atoms with van der Waals surface area (Å²) >= 11 is 1.14. The van der Waals surface area contributed by atoms with Crippen LogP contribution in [0.25, 0.3) is 0 Å². The van der Waals surface area contributed by atoms with Gasteiger partial charge in [-0.3, -0.25) is 0 Å². The van der Waals surface area contributed by atoms with Gasteiger partial charge in [-0.1, -0.05) is 60.7 Å². The lowest BCUT2D eigenvalue weighted by molar-refractivity contribution is 0.384. The number of nitriles is 1. The highest BCUT2D eigenvalue weighted by molar-refractivity contribution is 8.02. The van der Waals surface area contributed by atoms with Crippen molar-refractivity contribution in [3.8, 4) is 39.9 Å². The molecular formula is C26H19NO3S. The van der Waals surface area contributed by atoms with E-state index in [9.17, 15) is 0 Å². The number of rotatable bonds is 8. The second kappa shape index (κ2) is 10.2. The standard InChI is InChI=1S/C26H19NO3S/c27-19-31-18-20-16-17-24(28-21-10-4-1-5-11-21)26(30-23-14-8-3-9-15-23)25(20)29-22-12-6-2-7-13-22/h1-17H,18H2. The largest absolute Gasteiger partial charge is 0.453 e. The highest BCUT2D eigenvalue weighted by atomic mass is 32.2. The van der Waals surface area contributed by atoms with Gasteiger partial charge in [0.2, 0.25) is 5.75 Å². The molecule has 0 aromatic heterocycles. The number of benzene rings is 4. The summed E-state index contributed by atoms with van der Waals surface area (Å²) < 4.78 is 18.7. The second-order valence-corrected chi connectivity index (χ2v) is 7.27. The number of nitrogens with zero attached hydrogens (tertiary/aromatic N) is 1. The lowest BCUT2D eigenvalue weighted by Crippen LogP contribution is -1.98. The molecule has 4 aromatic rings. The molecule has 0 radical (unpaired) electrons. The Labute approximate surface area is 185 Å². The molecule has 0 unspecified atom stereocenters. The molecule has 0 N–H and O–H groups in total. The fourth-order valence-electron chi connectivity index (χ4n) is 2.93. The van der Waals surface area contributed by atoms with E-state index < -0.39 is 0 Å². The van der Waals surface area contributed by atoms with Gasteiger partial charge in [0.1, 0.15) is 22.6 Å². The Kier molecular flexibility index (Phi) is 6.74. The highest BCUT2D eigenvalue weighted by Gasteiger charge is 2.20. The van der Waals surface area contributed by atoms with Crippen molar-refractivity contribution >= 4 is 11.8 Å². The molecule has 5 heteroatoms. The number of hydrogen-bond acceptors (Lipinski definition) is 5. The van der Waals surface area contributed by atoms with Crippen LogP contribution >= 0.6 is 11.8 Å². The molecule has 0 spiro atoms. The third-order valence-corrected chi connectivity index (χ3v) is 4.93. The number of ether oxygens (including phenoxy) is 3. The number of para-hydroxylation sites is 3. The molecule has 152 valence electrons. The summed E-state index contributed by atoms with van der Waals surface area (Å²) in [6, 6.07) is 32.2. The van der Waals surface area contributed by atoms with Gasteiger partial charge in [-0.05, 0) is 54.2 Å². The first-order valence-corrected chi connectivity index (χ1v) is 10.7. The molecule has 31 heavy (non-hydrogen) atoms. The van der Waals surface area contributed by atoms with Gasteiger partial charge in [-0.15, -0.1) is 0 Å². The molecule has 0 fully saturated rings. The van der Waals surface area contributed by atoms with Crippen LogP contribution in [0.1, 0.15) is 5.56 Å². The van der Waals surface area contributed by atoms with E-state index >= 15 is 0 Å². The van der Waals surface area contributed by atoms with E-state index in [4.69, 9.17) is 19.5 Å². The van der Waals surface area contributed by atoms with Crippen LogP contribution in [0, 0.1) is 10.7 Å². The Morgan fingerprint density at radius 2 is 1.06 bits per heavy atom. The zero-order valence-electron chi connectivity index (χ0n) is 16.6. The first-order chi connectivity index (χ1) is 15.3. The Morgan fingerprint density at radius 1 is 0.581 bits per heavy atom. The van der Waals surface area contributed by atoms with Crippen LogP contribution in [-0.2, 0) is 5.75 Å². The summed E-state index contributed by atoms with van der Waals surface area (Å²) in [5.74, 6) is 3.96. The number of thiocyanates is 1. The Hall–Kier alpha value is -3.88. The molecular weight excluding hydrogens is 406 g/mol. The van der Waals surface area contributed by atoms with Gasteiger partial charge < -0.3 is 14.2 Å². The lowest BCUT2D eigenvalue weighted by Gasteiger charge is -2.19. The molecule has 0 bridgehead atoms. The minimum atomic E-state index is 0.454. The second-order valence-electron chi connectivity index (χ2n) is 6.51. The fourth-order valence-corrected chi connectivity index (χ4v) is 3.37. The average molecular weight is 426 g/mol. The van der Waals surface area contributed by atoms with Crippen molar-refractivity contribution in [1.82, 2.24) is 0 Å². The maximum absolute atomic E-state index is 9.08. The van der Waals surface area contributed by atoms with Crippen molar-refractivity contribution in [2.75, 3.05) is 0 Å². The number of hydrogen-bond donors (Lipinski definition) is 0. The molecule has 4 aromatic carbocycles. The Bertz CT molecular complexity index is 1160. The van der Waals surface area contributed by atoms with Crippen LogP contribution in [0.5, 0.6) is 34.5 Å². The van der Waals surface area contributed by atoms with E-state index in [1.165, 1.54) is 0 Å². The SMILES string of the molecule is N#CSCc1ccc(Oc2ccccc2)c(Oc2ccccc2)c1Oc1ccccc1. The van der Waals surface area contributed by atoms with E-state index in [2.05, 4.69) is 5.40 Å². The van der Waals surface area contributed by atoms with Crippen molar-refractivity contribution in [3.63, 3.8) is 0 Å². The van der Waals surface area contributed by atoms with E-state index in [1.54, 1.807) is 0 Å². The van der Waals surface area contributed by atoms with Crippen LogP contribution in [0.3, 0.4) is 0 Å². The average Bonchev–Trinajstić information content (AvgIpc) is 2.82. The Balaban J connectivity index is 1.81. The monoisotopic (exact) mass is 425 g/mol. The predicted molar refractivity (Wildman–Crippen MR) is 123 cm³/mol. The summed E-state index contributed by atoms with van der Waals surface area (Å²) in [5, 5.41) is 11.2. The van der Waals surface area contributed by atoms with Crippen LogP contribution in [-0.4, -0.2) is 0 Å². The van der Waals surface area contributed by atoms with Crippen molar-refractivity contribution in [2.45, 2.75) is 5.75 Å². The van der Waals surface area contributed by atoms with Crippen molar-refractivity contribution in [1.29, 1.82) is 5.26 Å². The van der Waals surface area contributed by atoms with Crippen LogP contribution < -0.4 is 14.2 Å². The van der Waals surface area contributed by atoms with Gasteiger partial charge in [0.15, 0.2) is 11.5 Å². The molecule has 0 atom stereocenters. The molecule has 0 aliphatic carbocycles. The number of thioether (sulfide) groups is 1. The van der Waals surface area contributed by atoms with Gasteiger partial charge >= 0.3 is 0 Å². The topological polar surface area (TPSA) is 51.5 Å². The normalized spacial score (nSPS) is 10.2. The minimum Gasteiger partial charge on any atom is -0.453 e. The first kappa shape index (κ1) is 20.4. The van der Waals surface area contributed by atoms with E-state index in [0.29, 0.717) is 40.2 Å². The smallest absolute Gasteiger partial charge is 0.212 e. The molecule has 0 saturated carbocycles. The zero-order chi connectivity index (χ0) is 21.3. The summed E-state index contributed by atoms with van der Waals surface area (Å²) in [5.41, 5.74) is 0.835. The summed E-state index contributed by atoms with van der Waals surface area (Å²) in [6.45, 7) is 0. The van der Waals surface area contributed by atoms with Crippen molar-refractivity contribution < 1.29 is 14.2 Å². The quantitative estimate of drug-likeness (QED) is 0.270. The van der Waals surface area contributed by atoms with Gasteiger partial charge in [0.25, 0.3) is 0 Å². The maximum atomic E-state index is 9.08. The van der Waals surface area contributed by atoms with Gasteiger partial charge in [0.05, 0.1) is 0 Å². The van der Waals surface area contributed by atoms with E-state index in [-0.39, 0.29) is 0 Å². The molecule has 0 heterocycles.